The SMILES string of the molecule is CCCNc1nc(C(=N)N)c(C(=N)OC(C)C)n1Cc1ccc(CN)cc1. The highest BCUT2D eigenvalue weighted by molar-refractivity contribution is 6.05. The highest BCUT2D eigenvalue weighted by atomic mass is 16.5. The molecule has 7 N–H and O–H groups in total. The van der Waals surface area contributed by atoms with Gasteiger partial charge in [0.05, 0.1) is 12.6 Å². The van der Waals surface area contributed by atoms with Crippen LogP contribution in [0.3, 0.4) is 0 Å². The minimum Gasteiger partial charge on any atom is -0.474 e. The first-order chi connectivity index (χ1) is 12.9. The van der Waals surface area contributed by atoms with E-state index in [9.17, 15) is 0 Å². The molecule has 0 bridgehead atoms. The third kappa shape index (κ3) is 5.07. The van der Waals surface area contributed by atoms with E-state index in [4.69, 9.17) is 27.0 Å². The first-order valence-corrected chi connectivity index (χ1v) is 9.09. The summed E-state index contributed by atoms with van der Waals surface area (Å²) in [6.45, 7) is 7.44. The molecule has 8 nitrogen and oxygen atoms in total. The molecule has 1 aromatic heterocycles. The van der Waals surface area contributed by atoms with Gasteiger partial charge in [0, 0.05) is 13.1 Å². The summed E-state index contributed by atoms with van der Waals surface area (Å²) in [7, 11) is 0. The summed E-state index contributed by atoms with van der Waals surface area (Å²) in [4.78, 5) is 4.47. The van der Waals surface area contributed by atoms with E-state index < -0.39 is 0 Å². The molecule has 0 aliphatic heterocycles. The number of anilines is 1. The molecule has 0 amide bonds. The molecule has 146 valence electrons. The number of imidazole rings is 1. The van der Waals surface area contributed by atoms with Crippen LogP contribution >= 0.6 is 0 Å². The van der Waals surface area contributed by atoms with Gasteiger partial charge in [-0.2, -0.15) is 0 Å². The van der Waals surface area contributed by atoms with Gasteiger partial charge in [-0.05, 0) is 31.4 Å². The van der Waals surface area contributed by atoms with Crippen molar-refractivity contribution in [1.82, 2.24) is 9.55 Å². The fourth-order valence-electron chi connectivity index (χ4n) is 2.65. The second-order valence-electron chi connectivity index (χ2n) is 6.58. The van der Waals surface area contributed by atoms with Crippen LogP contribution in [-0.2, 0) is 17.8 Å². The Kier molecular flexibility index (Phi) is 6.95. The molecule has 2 aromatic rings. The molecule has 0 fully saturated rings. The third-order valence-corrected chi connectivity index (χ3v) is 3.92. The number of amidine groups is 1. The van der Waals surface area contributed by atoms with E-state index in [1.54, 1.807) is 0 Å². The number of hydrogen-bond acceptors (Lipinski definition) is 6. The first kappa shape index (κ1) is 20.4. The molecule has 0 saturated heterocycles. The Bertz CT molecular complexity index is 793. The molecule has 0 unspecified atom stereocenters. The van der Waals surface area contributed by atoms with Crippen molar-refractivity contribution in [1.29, 1.82) is 10.8 Å². The Morgan fingerprint density at radius 2 is 1.85 bits per heavy atom. The number of rotatable bonds is 9. The van der Waals surface area contributed by atoms with Crippen LogP contribution < -0.4 is 16.8 Å². The molecular weight excluding hydrogens is 342 g/mol. The van der Waals surface area contributed by atoms with Crippen molar-refractivity contribution in [2.45, 2.75) is 46.4 Å². The van der Waals surface area contributed by atoms with Gasteiger partial charge in [0.1, 0.15) is 17.2 Å². The fourth-order valence-corrected chi connectivity index (χ4v) is 2.65. The third-order valence-electron chi connectivity index (χ3n) is 3.92. The lowest BCUT2D eigenvalue weighted by atomic mass is 10.1. The molecule has 2 rings (SSSR count). The Morgan fingerprint density at radius 3 is 2.37 bits per heavy atom. The summed E-state index contributed by atoms with van der Waals surface area (Å²) in [5, 5.41) is 19.5. The lowest BCUT2D eigenvalue weighted by Crippen LogP contribution is -2.22. The number of hydrogen-bond donors (Lipinski definition) is 5. The van der Waals surface area contributed by atoms with Gasteiger partial charge < -0.3 is 26.1 Å². The smallest absolute Gasteiger partial charge is 0.233 e. The molecule has 8 heteroatoms. The number of ether oxygens (including phenoxy) is 1. The summed E-state index contributed by atoms with van der Waals surface area (Å²) in [6, 6.07) is 7.95. The summed E-state index contributed by atoms with van der Waals surface area (Å²) in [5.41, 5.74) is 14.1. The number of nitrogens with zero attached hydrogens (tertiary/aromatic N) is 2. The van der Waals surface area contributed by atoms with Crippen LogP contribution in [0.15, 0.2) is 24.3 Å². The van der Waals surface area contributed by atoms with Crippen molar-refractivity contribution in [3.8, 4) is 0 Å². The molecule has 0 aliphatic rings. The van der Waals surface area contributed by atoms with Gasteiger partial charge in [0.15, 0.2) is 0 Å². The molecule has 27 heavy (non-hydrogen) atoms. The van der Waals surface area contributed by atoms with Crippen LogP contribution in [0.25, 0.3) is 0 Å². The van der Waals surface area contributed by atoms with Crippen molar-refractivity contribution in [2.75, 3.05) is 11.9 Å². The van der Waals surface area contributed by atoms with Gasteiger partial charge in [-0.1, -0.05) is 31.2 Å². The summed E-state index contributed by atoms with van der Waals surface area (Å²) in [6.07, 6.45) is 0.750. The van der Waals surface area contributed by atoms with Crippen LogP contribution in [0.2, 0.25) is 0 Å². The highest BCUT2D eigenvalue weighted by Crippen LogP contribution is 2.20. The summed E-state index contributed by atoms with van der Waals surface area (Å²) >= 11 is 0. The molecule has 0 saturated carbocycles. The fraction of sp³-hybridized carbons (Fsp3) is 0.421. The minimum absolute atomic E-state index is 0.0502. The van der Waals surface area contributed by atoms with E-state index in [0.717, 1.165) is 24.1 Å². The van der Waals surface area contributed by atoms with Crippen molar-refractivity contribution in [3.05, 3.63) is 46.8 Å². The van der Waals surface area contributed by atoms with Crippen LogP contribution in [0, 0.1) is 10.8 Å². The van der Waals surface area contributed by atoms with Gasteiger partial charge >= 0.3 is 0 Å². The van der Waals surface area contributed by atoms with Crippen molar-refractivity contribution >= 4 is 17.7 Å². The van der Waals surface area contributed by atoms with E-state index >= 15 is 0 Å². The van der Waals surface area contributed by atoms with Crippen LogP contribution in [0.5, 0.6) is 0 Å². The predicted octanol–water partition coefficient (Wildman–Crippen LogP) is 2.25. The standard InChI is InChI=1S/C19H29N7O/c1-4-9-24-19-25-15(17(21)22)16(18(23)27-12(2)3)26(19)11-14-7-5-13(10-20)6-8-14/h5-8,12,23H,4,9-11,20H2,1-3H3,(H3,21,22)(H,24,25). The molecule has 0 radical (unpaired) electrons. The number of nitrogens with two attached hydrogens (primary N) is 2. The largest absolute Gasteiger partial charge is 0.474 e. The highest BCUT2D eigenvalue weighted by Gasteiger charge is 2.24. The van der Waals surface area contributed by atoms with Gasteiger partial charge in [0.2, 0.25) is 11.8 Å². The zero-order chi connectivity index (χ0) is 20.0. The van der Waals surface area contributed by atoms with Crippen LogP contribution in [-0.4, -0.2) is 33.9 Å². The normalized spacial score (nSPS) is 10.9. The Balaban J connectivity index is 2.51. The number of nitrogens with one attached hydrogen (secondary N) is 3. The van der Waals surface area contributed by atoms with Crippen LogP contribution in [0.4, 0.5) is 5.95 Å². The van der Waals surface area contributed by atoms with Gasteiger partial charge in [0.25, 0.3) is 0 Å². The van der Waals surface area contributed by atoms with Crippen molar-refractivity contribution < 1.29 is 4.74 Å². The molecule has 0 aliphatic carbocycles. The van der Waals surface area contributed by atoms with Gasteiger partial charge in [-0.25, -0.2) is 4.98 Å². The molecule has 0 spiro atoms. The minimum atomic E-state index is -0.195. The average molecular weight is 371 g/mol. The summed E-state index contributed by atoms with van der Waals surface area (Å²) in [5.74, 6) is 0.321. The monoisotopic (exact) mass is 371 g/mol. The second-order valence-corrected chi connectivity index (χ2v) is 6.58. The Hall–Kier alpha value is -2.87. The van der Waals surface area contributed by atoms with Crippen molar-refractivity contribution in [3.63, 3.8) is 0 Å². The molecular formula is C19H29N7O. The zero-order valence-corrected chi connectivity index (χ0v) is 16.2. The van der Waals surface area contributed by atoms with Gasteiger partial charge in [-0.15, -0.1) is 0 Å². The zero-order valence-electron chi connectivity index (χ0n) is 16.2. The topological polar surface area (TPSA) is 139 Å². The predicted molar refractivity (Wildman–Crippen MR) is 109 cm³/mol. The number of aromatic nitrogens is 2. The first-order valence-electron chi connectivity index (χ1n) is 9.09. The summed E-state index contributed by atoms with van der Waals surface area (Å²) < 4.78 is 7.43. The van der Waals surface area contributed by atoms with E-state index in [2.05, 4.69) is 17.2 Å². The lowest BCUT2D eigenvalue weighted by molar-refractivity contribution is 0.226. The number of benzene rings is 1. The maximum absolute atomic E-state index is 8.38. The molecule has 1 heterocycles. The Morgan fingerprint density at radius 1 is 1.22 bits per heavy atom. The van der Waals surface area contributed by atoms with Crippen LogP contribution in [0.1, 0.15) is 49.7 Å². The Labute approximate surface area is 159 Å². The number of nitrogen functional groups attached to an aromatic ring is 1. The average Bonchev–Trinajstić information content (AvgIpc) is 2.98. The molecule has 1 aromatic carbocycles. The van der Waals surface area contributed by atoms with Crippen molar-refractivity contribution in [2.24, 2.45) is 11.5 Å². The lowest BCUT2D eigenvalue weighted by Gasteiger charge is -2.16. The maximum atomic E-state index is 8.38. The van der Waals surface area contributed by atoms with E-state index in [1.807, 2.05) is 42.7 Å². The van der Waals surface area contributed by atoms with Gasteiger partial charge in [-0.3, -0.25) is 10.8 Å². The maximum Gasteiger partial charge on any atom is 0.233 e. The van der Waals surface area contributed by atoms with E-state index in [-0.39, 0.29) is 23.5 Å². The van der Waals surface area contributed by atoms with E-state index in [0.29, 0.717) is 24.7 Å². The van der Waals surface area contributed by atoms with E-state index in [1.165, 1.54) is 0 Å². The molecule has 0 atom stereocenters. The quantitative estimate of drug-likeness (QED) is 0.340. The second kappa shape index (κ2) is 9.18.